The highest BCUT2D eigenvalue weighted by molar-refractivity contribution is 7.99. The van der Waals surface area contributed by atoms with Gasteiger partial charge >= 0.3 is 5.97 Å². The third-order valence-corrected chi connectivity index (χ3v) is 4.52. The standard InChI is InChI=1S/C13H22N4O2S/c1-3-7-17-12(16(2)8-10-5-4-6-10)14-15-13(17)20-9-11(18)19/h10H,3-9H2,1-2H3,(H,18,19). The zero-order valence-electron chi connectivity index (χ0n) is 12.1. The highest BCUT2D eigenvalue weighted by Crippen LogP contribution is 2.29. The molecule has 0 aliphatic heterocycles. The summed E-state index contributed by atoms with van der Waals surface area (Å²) in [6.07, 6.45) is 4.91. The fourth-order valence-electron chi connectivity index (χ4n) is 2.36. The van der Waals surface area contributed by atoms with E-state index in [-0.39, 0.29) is 5.75 Å². The third-order valence-electron chi connectivity index (χ3n) is 3.57. The first-order valence-electron chi connectivity index (χ1n) is 7.10. The van der Waals surface area contributed by atoms with Crippen LogP contribution in [-0.2, 0) is 11.3 Å². The summed E-state index contributed by atoms with van der Waals surface area (Å²) >= 11 is 1.24. The second-order valence-corrected chi connectivity index (χ2v) is 6.24. The Labute approximate surface area is 123 Å². The molecule has 1 aliphatic rings. The number of carboxylic acids is 1. The molecular weight excluding hydrogens is 276 g/mol. The Morgan fingerprint density at radius 1 is 1.50 bits per heavy atom. The zero-order valence-corrected chi connectivity index (χ0v) is 12.9. The highest BCUT2D eigenvalue weighted by Gasteiger charge is 2.22. The molecule has 0 amide bonds. The van der Waals surface area contributed by atoms with Crippen molar-refractivity contribution in [3.05, 3.63) is 0 Å². The van der Waals surface area contributed by atoms with Gasteiger partial charge in [-0.15, -0.1) is 10.2 Å². The van der Waals surface area contributed by atoms with Crippen molar-refractivity contribution in [2.45, 2.75) is 44.3 Å². The average Bonchev–Trinajstić information content (AvgIpc) is 2.75. The Kier molecular flexibility index (Phi) is 5.28. The van der Waals surface area contributed by atoms with Crippen molar-refractivity contribution in [1.29, 1.82) is 0 Å². The Balaban J connectivity index is 2.07. The van der Waals surface area contributed by atoms with E-state index in [2.05, 4.69) is 22.0 Å². The fraction of sp³-hybridized carbons (Fsp3) is 0.769. The molecule has 0 aromatic carbocycles. The third kappa shape index (κ3) is 3.65. The van der Waals surface area contributed by atoms with Crippen LogP contribution < -0.4 is 4.90 Å². The van der Waals surface area contributed by atoms with Gasteiger partial charge in [-0.1, -0.05) is 25.1 Å². The van der Waals surface area contributed by atoms with Gasteiger partial charge in [-0.25, -0.2) is 0 Å². The number of anilines is 1. The molecule has 1 aromatic rings. The Hall–Kier alpha value is -1.24. The molecule has 0 spiro atoms. The predicted molar refractivity (Wildman–Crippen MR) is 79.3 cm³/mol. The van der Waals surface area contributed by atoms with Gasteiger partial charge in [0.1, 0.15) is 0 Å². The lowest BCUT2D eigenvalue weighted by atomic mass is 9.85. The van der Waals surface area contributed by atoms with E-state index in [1.165, 1.54) is 31.0 Å². The van der Waals surface area contributed by atoms with Crippen LogP contribution in [0.1, 0.15) is 32.6 Å². The molecule has 112 valence electrons. The van der Waals surface area contributed by atoms with Gasteiger partial charge in [0.25, 0.3) is 0 Å². The van der Waals surface area contributed by atoms with E-state index in [4.69, 9.17) is 5.11 Å². The summed E-state index contributed by atoms with van der Waals surface area (Å²) < 4.78 is 2.03. The predicted octanol–water partition coefficient (Wildman–Crippen LogP) is 2.10. The molecule has 1 saturated carbocycles. The molecule has 20 heavy (non-hydrogen) atoms. The monoisotopic (exact) mass is 298 g/mol. The van der Waals surface area contributed by atoms with Crippen LogP contribution >= 0.6 is 11.8 Å². The van der Waals surface area contributed by atoms with Gasteiger partial charge in [0, 0.05) is 20.1 Å². The minimum atomic E-state index is -0.828. The second-order valence-electron chi connectivity index (χ2n) is 5.29. The number of aliphatic carboxylic acids is 1. The van der Waals surface area contributed by atoms with Crippen LogP contribution in [0.3, 0.4) is 0 Å². The number of aromatic nitrogens is 3. The number of hydrogen-bond donors (Lipinski definition) is 1. The van der Waals surface area contributed by atoms with Crippen molar-refractivity contribution in [2.24, 2.45) is 5.92 Å². The van der Waals surface area contributed by atoms with E-state index in [1.54, 1.807) is 0 Å². The lowest BCUT2D eigenvalue weighted by molar-refractivity contribution is -0.133. The first-order valence-corrected chi connectivity index (χ1v) is 8.09. The number of nitrogens with zero attached hydrogens (tertiary/aromatic N) is 4. The van der Waals surface area contributed by atoms with E-state index < -0.39 is 5.97 Å². The summed E-state index contributed by atoms with van der Waals surface area (Å²) in [5.41, 5.74) is 0. The lowest BCUT2D eigenvalue weighted by Crippen LogP contribution is -2.31. The Bertz CT molecular complexity index is 459. The molecule has 1 aromatic heterocycles. The molecule has 2 rings (SSSR count). The molecule has 0 atom stereocenters. The van der Waals surface area contributed by atoms with Crippen molar-refractivity contribution in [1.82, 2.24) is 14.8 Å². The number of hydrogen-bond acceptors (Lipinski definition) is 5. The minimum absolute atomic E-state index is 0.0220. The maximum Gasteiger partial charge on any atom is 0.313 e. The number of rotatable bonds is 8. The topological polar surface area (TPSA) is 71.2 Å². The Morgan fingerprint density at radius 2 is 2.25 bits per heavy atom. The van der Waals surface area contributed by atoms with Crippen LogP contribution in [0.5, 0.6) is 0 Å². The lowest BCUT2D eigenvalue weighted by Gasteiger charge is -2.30. The molecule has 1 N–H and O–H groups in total. The summed E-state index contributed by atoms with van der Waals surface area (Å²) in [5, 5.41) is 17.9. The van der Waals surface area contributed by atoms with Crippen molar-refractivity contribution in [3.63, 3.8) is 0 Å². The molecule has 0 unspecified atom stereocenters. The molecule has 0 saturated heterocycles. The molecule has 1 aliphatic carbocycles. The normalized spacial score (nSPS) is 15.1. The number of thioether (sulfide) groups is 1. The van der Waals surface area contributed by atoms with Gasteiger partial charge in [0.2, 0.25) is 5.95 Å². The molecule has 1 fully saturated rings. The molecule has 7 heteroatoms. The van der Waals surface area contributed by atoms with Crippen LogP contribution in [0.4, 0.5) is 5.95 Å². The van der Waals surface area contributed by atoms with Crippen LogP contribution in [0.15, 0.2) is 5.16 Å². The van der Waals surface area contributed by atoms with Crippen molar-refractivity contribution < 1.29 is 9.90 Å². The van der Waals surface area contributed by atoms with Crippen LogP contribution in [0.25, 0.3) is 0 Å². The van der Waals surface area contributed by atoms with Crippen LogP contribution in [0, 0.1) is 5.92 Å². The summed E-state index contributed by atoms with van der Waals surface area (Å²) in [4.78, 5) is 12.8. The smallest absolute Gasteiger partial charge is 0.313 e. The molecule has 0 radical (unpaired) electrons. The van der Waals surface area contributed by atoms with Gasteiger partial charge in [0.15, 0.2) is 5.16 Å². The zero-order chi connectivity index (χ0) is 14.5. The van der Waals surface area contributed by atoms with E-state index in [0.717, 1.165) is 31.4 Å². The molecule has 1 heterocycles. The summed E-state index contributed by atoms with van der Waals surface area (Å²) in [7, 11) is 2.04. The van der Waals surface area contributed by atoms with Gasteiger partial charge in [-0.2, -0.15) is 0 Å². The van der Waals surface area contributed by atoms with Crippen LogP contribution in [-0.4, -0.2) is 45.2 Å². The largest absolute Gasteiger partial charge is 0.481 e. The first kappa shape index (κ1) is 15.2. The van der Waals surface area contributed by atoms with Gasteiger partial charge < -0.3 is 10.0 Å². The van der Waals surface area contributed by atoms with E-state index >= 15 is 0 Å². The second kappa shape index (κ2) is 6.97. The van der Waals surface area contributed by atoms with E-state index in [9.17, 15) is 4.79 Å². The SMILES string of the molecule is CCCn1c(SCC(=O)O)nnc1N(C)CC1CCC1. The van der Waals surface area contributed by atoms with Gasteiger partial charge in [0.05, 0.1) is 5.75 Å². The summed E-state index contributed by atoms with van der Waals surface area (Å²) in [5.74, 6) is 0.813. The fourth-order valence-corrected chi connectivity index (χ4v) is 3.04. The minimum Gasteiger partial charge on any atom is -0.481 e. The Morgan fingerprint density at radius 3 is 2.80 bits per heavy atom. The number of carboxylic acid groups (broad SMARTS) is 1. The maximum atomic E-state index is 10.7. The summed E-state index contributed by atoms with van der Waals surface area (Å²) in [6.45, 7) is 3.92. The summed E-state index contributed by atoms with van der Waals surface area (Å²) in [6, 6.07) is 0. The van der Waals surface area contributed by atoms with E-state index in [1.807, 2.05) is 11.6 Å². The van der Waals surface area contributed by atoms with Gasteiger partial charge in [-0.3, -0.25) is 9.36 Å². The van der Waals surface area contributed by atoms with E-state index in [0.29, 0.717) is 5.16 Å². The van der Waals surface area contributed by atoms with Crippen molar-refractivity contribution >= 4 is 23.7 Å². The quantitative estimate of drug-likeness (QED) is 0.741. The van der Waals surface area contributed by atoms with Gasteiger partial charge in [-0.05, 0) is 25.2 Å². The van der Waals surface area contributed by atoms with Crippen molar-refractivity contribution in [3.8, 4) is 0 Å². The average molecular weight is 298 g/mol. The maximum absolute atomic E-state index is 10.7. The van der Waals surface area contributed by atoms with Crippen molar-refractivity contribution in [2.75, 3.05) is 24.2 Å². The first-order chi connectivity index (χ1) is 9.61. The molecule has 0 bridgehead atoms. The highest BCUT2D eigenvalue weighted by atomic mass is 32.2. The van der Waals surface area contributed by atoms with Crippen LogP contribution in [0.2, 0.25) is 0 Å². The number of carbonyl (C=O) groups is 1. The molecule has 6 nitrogen and oxygen atoms in total. The molecular formula is C13H22N4O2S.